The first-order chi connectivity index (χ1) is 16.5. The number of carboxylic acid groups (broad SMARTS) is 1. The smallest absolute Gasteiger partial charge is 0.335 e. The van der Waals surface area contributed by atoms with Crippen LogP contribution in [0.3, 0.4) is 0 Å². The van der Waals surface area contributed by atoms with E-state index in [0.29, 0.717) is 53.4 Å². The Morgan fingerprint density at radius 2 is 1.85 bits per heavy atom. The van der Waals surface area contributed by atoms with Crippen molar-refractivity contribution in [1.29, 1.82) is 0 Å². The predicted molar refractivity (Wildman–Crippen MR) is 123 cm³/mol. The van der Waals surface area contributed by atoms with E-state index in [2.05, 4.69) is 20.4 Å². The van der Waals surface area contributed by atoms with Gasteiger partial charge in [0.1, 0.15) is 6.61 Å². The maximum absolute atomic E-state index is 13.2. The van der Waals surface area contributed by atoms with Gasteiger partial charge in [-0.15, -0.1) is 0 Å². The van der Waals surface area contributed by atoms with E-state index in [1.807, 2.05) is 6.07 Å². The first kappa shape index (κ1) is 21.1. The van der Waals surface area contributed by atoms with Crippen LogP contribution in [0.1, 0.15) is 16.2 Å². The number of urea groups is 1. The molecule has 2 amide bonds. The number of amides is 2. The van der Waals surface area contributed by atoms with E-state index in [1.54, 1.807) is 49.4 Å². The average molecular weight is 457 g/mol. The van der Waals surface area contributed by atoms with Gasteiger partial charge in [-0.05, 0) is 36.4 Å². The Balaban J connectivity index is 1.40. The second-order valence-electron chi connectivity index (χ2n) is 7.55. The Kier molecular flexibility index (Phi) is 5.38. The summed E-state index contributed by atoms with van der Waals surface area (Å²) in [7, 11) is 0. The number of pyridine rings is 1. The topological polar surface area (TPSA) is 131 Å². The van der Waals surface area contributed by atoms with Crippen LogP contribution in [-0.4, -0.2) is 45.4 Å². The largest absolute Gasteiger partial charge is 0.488 e. The maximum atomic E-state index is 13.2. The number of fused-ring (bicyclic) bond motifs is 1. The van der Waals surface area contributed by atoms with E-state index >= 15 is 0 Å². The van der Waals surface area contributed by atoms with Crippen molar-refractivity contribution in [3.05, 3.63) is 72.1 Å². The third kappa shape index (κ3) is 4.16. The molecular formula is C24H19N5O5. The standard InChI is InChI=1S/C24H19N5O5/c1-14-25-21(28-34-14)17-3-2-4-18(13-17)26-24(32)29-11-12-33-20-10-9-19(27-22(20)29)15-5-7-16(8-6-15)23(30)31/h2-10,13H,11-12H2,1H3,(H,26,32)(H,30,31). The van der Waals surface area contributed by atoms with Gasteiger partial charge in [0.25, 0.3) is 0 Å². The molecule has 3 heterocycles. The second kappa shape index (κ2) is 8.66. The van der Waals surface area contributed by atoms with E-state index in [4.69, 9.17) is 14.4 Å². The van der Waals surface area contributed by atoms with Crippen LogP contribution in [0.2, 0.25) is 0 Å². The first-order valence-corrected chi connectivity index (χ1v) is 10.4. The number of ether oxygens (including phenoxy) is 1. The molecule has 0 bridgehead atoms. The van der Waals surface area contributed by atoms with E-state index in [9.17, 15) is 9.59 Å². The van der Waals surface area contributed by atoms with E-state index in [1.165, 1.54) is 17.0 Å². The molecule has 2 N–H and O–H groups in total. The van der Waals surface area contributed by atoms with Gasteiger partial charge in [-0.2, -0.15) is 4.98 Å². The van der Waals surface area contributed by atoms with Gasteiger partial charge in [0.2, 0.25) is 11.7 Å². The van der Waals surface area contributed by atoms with Gasteiger partial charge in [0.15, 0.2) is 11.6 Å². The Labute approximate surface area is 193 Å². The zero-order valence-electron chi connectivity index (χ0n) is 18.1. The van der Waals surface area contributed by atoms with Crippen LogP contribution in [-0.2, 0) is 0 Å². The maximum Gasteiger partial charge on any atom is 0.335 e. The molecule has 0 saturated carbocycles. The SMILES string of the molecule is Cc1nc(-c2cccc(NC(=O)N3CCOc4ccc(-c5ccc(C(=O)O)cc5)nc43)c2)no1. The van der Waals surface area contributed by atoms with Crippen LogP contribution in [0.15, 0.2) is 65.2 Å². The number of aromatic carboxylic acids is 1. The highest BCUT2D eigenvalue weighted by molar-refractivity contribution is 6.02. The predicted octanol–water partition coefficient (Wildman–Crippen LogP) is 4.24. The number of carbonyl (C=O) groups is 2. The molecule has 5 rings (SSSR count). The highest BCUT2D eigenvalue weighted by Gasteiger charge is 2.26. The summed E-state index contributed by atoms with van der Waals surface area (Å²) in [5.74, 6) is 0.760. The first-order valence-electron chi connectivity index (χ1n) is 10.4. The number of carbonyl (C=O) groups excluding carboxylic acids is 1. The molecule has 2 aromatic heterocycles. The van der Waals surface area contributed by atoms with Crippen molar-refractivity contribution in [2.75, 3.05) is 23.4 Å². The minimum absolute atomic E-state index is 0.184. The number of nitrogens with one attached hydrogen (secondary N) is 1. The van der Waals surface area contributed by atoms with Crippen molar-refractivity contribution in [3.63, 3.8) is 0 Å². The fourth-order valence-electron chi connectivity index (χ4n) is 3.58. The molecule has 0 atom stereocenters. The minimum atomic E-state index is -1.00. The molecule has 0 fully saturated rings. The molecule has 170 valence electrons. The highest BCUT2D eigenvalue weighted by atomic mass is 16.5. The van der Waals surface area contributed by atoms with Crippen LogP contribution in [0.4, 0.5) is 16.3 Å². The number of hydrogen-bond donors (Lipinski definition) is 2. The van der Waals surface area contributed by atoms with Crippen molar-refractivity contribution in [1.82, 2.24) is 15.1 Å². The Bertz CT molecular complexity index is 1380. The third-order valence-electron chi connectivity index (χ3n) is 5.24. The number of hydrogen-bond acceptors (Lipinski definition) is 7. The lowest BCUT2D eigenvalue weighted by atomic mass is 10.1. The molecule has 4 aromatic rings. The van der Waals surface area contributed by atoms with Gasteiger partial charge in [-0.1, -0.05) is 29.4 Å². The fraction of sp³-hybridized carbons (Fsp3) is 0.125. The normalized spacial score (nSPS) is 12.6. The molecule has 1 aliphatic heterocycles. The number of carboxylic acids is 1. The zero-order valence-corrected chi connectivity index (χ0v) is 18.1. The summed E-state index contributed by atoms with van der Waals surface area (Å²) < 4.78 is 10.7. The lowest BCUT2D eigenvalue weighted by Gasteiger charge is -2.29. The van der Waals surface area contributed by atoms with Gasteiger partial charge in [-0.3, -0.25) is 4.90 Å². The highest BCUT2D eigenvalue weighted by Crippen LogP contribution is 2.33. The quantitative estimate of drug-likeness (QED) is 0.465. The molecule has 1 aliphatic rings. The molecule has 0 unspecified atom stereocenters. The van der Waals surface area contributed by atoms with Gasteiger partial charge in [0, 0.05) is 23.7 Å². The van der Waals surface area contributed by atoms with Gasteiger partial charge < -0.3 is 19.7 Å². The van der Waals surface area contributed by atoms with Gasteiger partial charge in [0.05, 0.1) is 17.8 Å². The van der Waals surface area contributed by atoms with Crippen LogP contribution < -0.4 is 15.0 Å². The summed E-state index contributed by atoms with van der Waals surface area (Å²) in [4.78, 5) is 34.6. The molecule has 0 saturated heterocycles. The molecular weight excluding hydrogens is 438 g/mol. The lowest BCUT2D eigenvalue weighted by Crippen LogP contribution is -2.41. The zero-order chi connectivity index (χ0) is 23.7. The molecule has 10 nitrogen and oxygen atoms in total. The summed E-state index contributed by atoms with van der Waals surface area (Å²) in [6, 6.07) is 16.7. The van der Waals surface area contributed by atoms with Gasteiger partial charge in [-0.25, -0.2) is 14.6 Å². The number of nitrogens with zero attached hydrogens (tertiary/aromatic N) is 4. The molecule has 10 heteroatoms. The number of aryl methyl sites for hydroxylation is 1. The molecule has 0 aliphatic carbocycles. The van der Waals surface area contributed by atoms with Crippen molar-refractivity contribution in [2.45, 2.75) is 6.92 Å². The van der Waals surface area contributed by atoms with Crippen molar-refractivity contribution in [2.24, 2.45) is 0 Å². The summed E-state index contributed by atoms with van der Waals surface area (Å²) in [5, 5.41) is 15.9. The summed E-state index contributed by atoms with van der Waals surface area (Å²) >= 11 is 0. The fourth-order valence-corrected chi connectivity index (χ4v) is 3.58. The van der Waals surface area contributed by atoms with Crippen LogP contribution in [0.5, 0.6) is 5.75 Å². The number of anilines is 2. The minimum Gasteiger partial charge on any atom is -0.488 e. The van der Waals surface area contributed by atoms with Gasteiger partial charge >= 0.3 is 12.0 Å². The van der Waals surface area contributed by atoms with E-state index in [-0.39, 0.29) is 11.6 Å². The van der Waals surface area contributed by atoms with Crippen molar-refractivity contribution < 1.29 is 24.0 Å². The monoisotopic (exact) mass is 457 g/mol. The molecule has 2 aromatic carbocycles. The third-order valence-corrected chi connectivity index (χ3v) is 5.24. The van der Waals surface area contributed by atoms with Crippen molar-refractivity contribution >= 4 is 23.5 Å². The van der Waals surface area contributed by atoms with Crippen LogP contribution >= 0.6 is 0 Å². The van der Waals surface area contributed by atoms with E-state index in [0.717, 1.165) is 5.56 Å². The van der Waals surface area contributed by atoms with Crippen molar-refractivity contribution in [3.8, 4) is 28.4 Å². The van der Waals surface area contributed by atoms with Crippen LogP contribution in [0.25, 0.3) is 22.6 Å². The molecule has 0 radical (unpaired) electrons. The number of aromatic nitrogens is 3. The van der Waals surface area contributed by atoms with Crippen LogP contribution in [0, 0.1) is 6.92 Å². The number of benzene rings is 2. The Hall–Kier alpha value is -4.73. The Morgan fingerprint density at radius 3 is 2.59 bits per heavy atom. The lowest BCUT2D eigenvalue weighted by molar-refractivity contribution is 0.0697. The Morgan fingerprint density at radius 1 is 1.03 bits per heavy atom. The average Bonchev–Trinajstić information content (AvgIpc) is 3.30. The molecule has 34 heavy (non-hydrogen) atoms. The summed E-state index contributed by atoms with van der Waals surface area (Å²) in [5.41, 5.74) is 2.78. The van der Waals surface area contributed by atoms with E-state index < -0.39 is 5.97 Å². The summed E-state index contributed by atoms with van der Waals surface area (Å²) in [6.45, 7) is 2.35. The number of rotatable bonds is 4. The summed E-state index contributed by atoms with van der Waals surface area (Å²) in [6.07, 6.45) is 0. The second-order valence-corrected chi connectivity index (χ2v) is 7.55. The molecule has 0 spiro atoms.